The van der Waals surface area contributed by atoms with Crippen molar-refractivity contribution in [1.29, 1.82) is 5.26 Å². The first-order valence-electron chi connectivity index (χ1n) is 9.78. The molecule has 0 spiro atoms. The van der Waals surface area contributed by atoms with Crippen LogP contribution in [-0.4, -0.2) is 21.2 Å². The van der Waals surface area contributed by atoms with Gasteiger partial charge < -0.3 is 5.32 Å². The lowest BCUT2D eigenvalue weighted by molar-refractivity contribution is -0.113. The molecular weight excluding hydrogens is 479 g/mol. The Bertz CT molecular complexity index is 1490. The second kappa shape index (κ2) is 9.67. The highest BCUT2D eigenvalue weighted by Crippen LogP contribution is 2.25. The number of thioether (sulfide) groups is 1. The number of rotatable bonds is 5. The second-order valence-electron chi connectivity index (χ2n) is 7.12. The molecule has 1 aromatic heterocycles. The third-order valence-electron chi connectivity index (χ3n) is 4.87. The van der Waals surface area contributed by atoms with Gasteiger partial charge in [-0.05, 0) is 55.0 Å². The summed E-state index contributed by atoms with van der Waals surface area (Å²) in [4.78, 5) is 30.7. The Morgan fingerprint density at radius 1 is 1.12 bits per heavy atom. The summed E-state index contributed by atoms with van der Waals surface area (Å²) >= 11 is 13.2. The highest BCUT2D eigenvalue weighted by atomic mass is 35.5. The minimum atomic E-state index is -0.365. The molecule has 1 amide bonds. The van der Waals surface area contributed by atoms with Crippen LogP contribution in [0.2, 0.25) is 10.0 Å². The van der Waals surface area contributed by atoms with Crippen molar-refractivity contribution < 1.29 is 4.79 Å². The quantitative estimate of drug-likeness (QED) is 0.288. The number of hydrogen-bond acceptors (Lipinski definition) is 5. The van der Waals surface area contributed by atoms with Crippen LogP contribution in [-0.2, 0) is 4.79 Å². The smallest absolute Gasteiger partial charge is 0.266 e. The van der Waals surface area contributed by atoms with Crippen molar-refractivity contribution in [3.63, 3.8) is 0 Å². The van der Waals surface area contributed by atoms with Gasteiger partial charge in [0.15, 0.2) is 5.16 Å². The van der Waals surface area contributed by atoms with Crippen molar-refractivity contribution in [2.24, 2.45) is 0 Å². The first-order valence-corrected chi connectivity index (χ1v) is 11.5. The van der Waals surface area contributed by atoms with Crippen molar-refractivity contribution in [2.75, 3.05) is 11.1 Å². The highest BCUT2D eigenvalue weighted by molar-refractivity contribution is 7.99. The monoisotopic (exact) mass is 494 g/mol. The molecule has 164 valence electrons. The second-order valence-corrected chi connectivity index (χ2v) is 8.94. The normalized spacial score (nSPS) is 10.7. The average molecular weight is 495 g/mol. The lowest BCUT2D eigenvalue weighted by Gasteiger charge is -2.15. The predicted molar refractivity (Wildman–Crippen MR) is 133 cm³/mol. The van der Waals surface area contributed by atoms with Crippen LogP contribution in [0.25, 0.3) is 16.6 Å². The van der Waals surface area contributed by atoms with Crippen LogP contribution in [0.15, 0.2) is 70.6 Å². The van der Waals surface area contributed by atoms with Gasteiger partial charge in [0.1, 0.15) is 6.07 Å². The zero-order valence-electron chi connectivity index (χ0n) is 17.3. The number of benzene rings is 3. The molecule has 33 heavy (non-hydrogen) atoms. The molecule has 0 atom stereocenters. The van der Waals surface area contributed by atoms with Crippen LogP contribution in [0, 0.1) is 18.3 Å². The van der Waals surface area contributed by atoms with Gasteiger partial charge in [-0.25, -0.2) is 4.98 Å². The standard InChI is InChI=1S/C24H16Cl2N4O2S/c1-14-4-2-3-5-21(14)30-23(32)18-9-8-17(26)11-20(18)29-24(30)33-13-22(31)28-19-10-16(25)7-6-15(19)12-27/h2-11H,13H2,1H3,(H,28,31). The Hall–Kier alpha value is -3.31. The molecule has 0 saturated carbocycles. The van der Waals surface area contributed by atoms with E-state index >= 15 is 0 Å². The zero-order chi connectivity index (χ0) is 23.5. The topological polar surface area (TPSA) is 87.8 Å². The van der Waals surface area contributed by atoms with E-state index in [0.29, 0.717) is 43.0 Å². The molecule has 4 rings (SSSR count). The number of nitrogens with one attached hydrogen (secondary N) is 1. The molecule has 6 nitrogen and oxygen atoms in total. The van der Waals surface area contributed by atoms with Gasteiger partial charge in [0.2, 0.25) is 5.91 Å². The number of aromatic nitrogens is 2. The zero-order valence-corrected chi connectivity index (χ0v) is 19.6. The van der Waals surface area contributed by atoms with E-state index in [1.54, 1.807) is 24.3 Å². The summed E-state index contributed by atoms with van der Waals surface area (Å²) in [5.74, 6) is -0.405. The minimum absolute atomic E-state index is 0.0399. The number of amides is 1. The molecule has 0 saturated heterocycles. The van der Waals surface area contributed by atoms with Crippen molar-refractivity contribution in [1.82, 2.24) is 9.55 Å². The van der Waals surface area contributed by atoms with Gasteiger partial charge in [-0.15, -0.1) is 0 Å². The number of hydrogen-bond donors (Lipinski definition) is 1. The predicted octanol–water partition coefficient (Wildman–Crippen LogP) is 5.60. The summed E-state index contributed by atoms with van der Waals surface area (Å²) < 4.78 is 1.50. The van der Waals surface area contributed by atoms with Crippen LogP contribution in [0.1, 0.15) is 11.1 Å². The third kappa shape index (κ3) is 4.88. The number of nitriles is 1. The Morgan fingerprint density at radius 3 is 2.61 bits per heavy atom. The maximum absolute atomic E-state index is 13.4. The molecule has 0 aliphatic rings. The third-order valence-corrected chi connectivity index (χ3v) is 6.27. The van der Waals surface area contributed by atoms with Gasteiger partial charge in [0.05, 0.1) is 33.6 Å². The molecular formula is C24H16Cl2N4O2S. The number of aryl methyl sites for hydroxylation is 1. The van der Waals surface area contributed by atoms with Crippen LogP contribution in [0.3, 0.4) is 0 Å². The number of carbonyl (C=O) groups excluding carboxylic acids is 1. The fourth-order valence-electron chi connectivity index (χ4n) is 3.30. The summed E-state index contributed by atoms with van der Waals surface area (Å²) in [7, 11) is 0. The Labute approximate surface area is 203 Å². The summed E-state index contributed by atoms with van der Waals surface area (Å²) in [6.45, 7) is 1.90. The van der Waals surface area contributed by atoms with Crippen molar-refractivity contribution in [3.05, 3.63) is 92.2 Å². The molecule has 0 radical (unpaired) electrons. The van der Waals surface area contributed by atoms with Gasteiger partial charge >= 0.3 is 0 Å². The average Bonchev–Trinajstić information content (AvgIpc) is 2.78. The molecule has 9 heteroatoms. The van der Waals surface area contributed by atoms with Gasteiger partial charge in [0, 0.05) is 10.0 Å². The molecule has 0 bridgehead atoms. The molecule has 0 aliphatic carbocycles. The lowest BCUT2D eigenvalue weighted by atomic mass is 10.2. The van der Waals surface area contributed by atoms with Crippen LogP contribution in [0.4, 0.5) is 5.69 Å². The van der Waals surface area contributed by atoms with Crippen LogP contribution >= 0.6 is 35.0 Å². The van der Waals surface area contributed by atoms with E-state index in [4.69, 9.17) is 23.2 Å². The molecule has 1 N–H and O–H groups in total. The first-order chi connectivity index (χ1) is 15.9. The van der Waals surface area contributed by atoms with Crippen LogP contribution in [0.5, 0.6) is 0 Å². The van der Waals surface area contributed by atoms with E-state index in [1.165, 1.54) is 16.7 Å². The fraction of sp³-hybridized carbons (Fsp3) is 0.0833. The van der Waals surface area contributed by atoms with Crippen molar-refractivity contribution in [3.8, 4) is 11.8 Å². The van der Waals surface area contributed by atoms with Gasteiger partial charge in [-0.2, -0.15) is 5.26 Å². The summed E-state index contributed by atoms with van der Waals surface area (Å²) in [6, 6.07) is 19.0. The largest absolute Gasteiger partial charge is 0.324 e. The minimum Gasteiger partial charge on any atom is -0.324 e. The molecule has 0 unspecified atom stereocenters. The Balaban J connectivity index is 1.71. The molecule has 0 fully saturated rings. The lowest BCUT2D eigenvalue weighted by Crippen LogP contribution is -2.23. The number of halogens is 2. The van der Waals surface area contributed by atoms with Gasteiger partial charge in [0.25, 0.3) is 5.56 Å². The van der Waals surface area contributed by atoms with E-state index in [2.05, 4.69) is 10.3 Å². The van der Waals surface area contributed by atoms with Crippen molar-refractivity contribution in [2.45, 2.75) is 12.1 Å². The maximum atomic E-state index is 13.4. The number of anilines is 1. The van der Waals surface area contributed by atoms with Gasteiger partial charge in [-0.1, -0.05) is 53.2 Å². The van der Waals surface area contributed by atoms with E-state index in [9.17, 15) is 14.9 Å². The van der Waals surface area contributed by atoms with E-state index < -0.39 is 0 Å². The number of para-hydroxylation sites is 1. The van der Waals surface area contributed by atoms with Crippen molar-refractivity contribution >= 4 is 57.5 Å². The Morgan fingerprint density at radius 2 is 1.85 bits per heavy atom. The molecule has 4 aromatic rings. The van der Waals surface area contributed by atoms with E-state index in [1.807, 2.05) is 37.3 Å². The highest BCUT2D eigenvalue weighted by Gasteiger charge is 2.17. The number of nitrogens with zero attached hydrogens (tertiary/aromatic N) is 3. The molecule has 0 aliphatic heterocycles. The summed E-state index contributed by atoms with van der Waals surface area (Å²) in [5.41, 5.74) is 2.38. The van der Waals surface area contributed by atoms with Gasteiger partial charge in [-0.3, -0.25) is 14.2 Å². The maximum Gasteiger partial charge on any atom is 0.266 e. The Kier molecular flexibility index (Phi) is 6.70. The fourth-order valence-corrected chi connectivity index (χ4v) is 4.44. The summed E-state index contributed by atoms with van der Waals surface area (Å²) in [6.07, 6.45) is 0. The number of fused-ring (bicyclic) bond motifs is 1. The van der Waals surface area contributed by atoms with Crippen LogP contribution < -0.4 is 10.9 Å². The first kappa shape index (κ1) is 22.9. The molecule has 3 aromatic carbocycles. The SMILES string of the molecule is Cc1ccccc1-n1c(SCC(=O)Nc2cc(Cl)ccc2C#N)nc2cc(Cl)ccc2c1=O. The van der Waals surface area contributed by atoms with E-state index in [0.717, 1.165) is 17.3 Å². The summed E-state index contributed by atoms with van der Waals surface area (Å²) in [5, 5.41) is 13.6. The molecule has 1 heterocycles. The van der Waals surface area contributed by atoms with E-state index in [-0.39, 0.29) is 17.2 Å². The number of carbonyl (C=O) groups is 1.